The molecule has 0 aliphatic carbocycles. The fraction of sp³-hybridized carbons (Fsp3) is 1.00. The number of rotatable bonds is 2. The van der Waals surface area contributed by atoms with Gasteiger partial charge in [0.25, 0.3) is 0 Å². The van der Waals surface area contributed by atoms with E-state index in [-0.39, 0.29) is 5.60 Å². The van der Waals surface area contributed by atoms with Gasteiger partial charge in [0.15, 0.2) is 0 Å². The van der Waals surface area contributed by atoms with Gasteiger partial charge in [-0.05, 0) is 20.3 Å². The van der Waals surface area contributed by atoms with Crippen LogP contribution in [0.15, 0.2) is 0 Å². The fourth-order valence-corrected chi connectivity index (χ4v) is 0.0722. The minimum atomic E-state index is -0.250. The molecule has 43 valence electrons. The van der Waals surface area contributed by atoms with E-state index in [0.717, 1.165) is 6.42 Å². The van der Waals surface area contributed by atoms with Crippen LogP contribution in [0.25, 0.3) is 0 Å². The van der Waals surface area contributed by atoms with Crippen LogP contribution < -0.4 is 5.90 Å². The highest BCUT2D eigenvalue weighted by atomic mass is 16.6. The first-order valence-electron chi connectivity index (χ1n) is 2.47. The predicted molar refractivity (Wildman–Crippen MR) is 28.6 cm³/mol. The van der Waals surface area contributed by atoms with Gasteiger partial charge in [-0.15, -0.1) is 5.90 Å². The quantitative estimate of drug-likeness (QED) is 0.485. The van der Waals surface area contributed by atoms with E-state index in [1.54, 1.807) is 0 Å². The Labute approximate surface area is 44.6 Å². The Balaban J connectivity index is 3.36. The Bertz CT molecular complexity index is 46.0. The van der Waals surface area contributed by atoms with E-state index in [2.05, 4.69) is 4.84 Å². The van der Waals surface area contributed by atoms with Gasteiger partial charge in [0, 0.05) is 0 Å². The minimum absolute atomic E-state index is 0.250. The number of nitrogens with one attached hydrogen (secondary N) is 1. The fourth-order valence-electron chi connectivity index (χ4n) is 0.0722. The van der Waals surface area contributed by atoms with E-state index in [4.69, 9.17) is 5.90 Å². The monoisotopic (exact) mass is 102 g/mol. The van der Waals surface area contributed by atoms with Crippen LogP contribution in [0.3, 0.4) is 0 Å². The van der Waals surface area contributed by atoms with Gasteiger partial charge in [-0.2, -0.15) is 0 Å². The Morgan fingerprint density at radius 3 is 2.00 bits per heavy atom. The summed E-state index contributed by atoms with van der Waals surface area (Å²) in [5.41, 5.74) is -0.250. The summed E-state index contributed by atoms with van der Waals surface area (Å²) >= 11 is 0. The van der Waals surface area contributed by atoms with Crippen molar-refractivity contribution in [1.29, 1.82) is 0 Å². The summed E-state index contributed by atoms with van der Waals surface area (Å²) in [6, 6.07) is 0. The van der Waals surface area contributed by atoms with Crippen LogP contribution >= 0.6 is 0 Å². The third-order valence-corrected chi connectivity index (χ3v) is 1.13. The molecular formula is C5H12NO. The van der Waals surface area contributed by atoms with E-state index >= 15 is 0 Å². The van der Waals surface area contributed by atoms with Gasteiger partial charge >= 0.3 is 0 Å². The third-order valence-electron chi connectivity index (χ3n) is 1.13. The Kier molecular flexibility index (Phi) is 2.26. The zero-order chi connectivity index (χ0) is 5.91. The SMILES string of the molecule is CCC(C)(C)O[NH]. The van der Waals surface area contributed by atoms with Gasteiger partial charge < -0.3 is 0 Å². The first-order chi connectivity index (χ1) is 3.12. The molecule has 0 saturated heterocycles. The van der Waals surface area contributed by atoms with Gasteiger partial charge in [-0.25, -0.2) is 0 Å². The minimum Gasteiger partial charge on any atom is -0.279 e. The van der Waals surface area contributed by atoms with Crippen LogP contribution in [0.1, 0.15) is 27.2 Å². The van der Waals surface area contributed by atoms with E-state index < -0.39 is 0 Å². The zero-order valence-corrected chi connectivity index (χ0v) is 5.12. The van der Waals surface area contributed by atoms with Crippen molar-refractivity contribution < 1.29 is 4.84 Å². The van der Waals surface area contributed by atoms with Crippen LogP contribution in [0.2, 0.25) is 0 Å². The second-order valence-electron chi connectivity index (χ2n) is 2.22. The lowest BCUT2D eigenvalue weighted by molar-refractivity contribution is -0.0354. The molecule has 0 saturated carbocycles. The average molecular weight is 102 g/mol. The molecule has 0 aliphatic heterocycles. The second-order valence-corrected chi connectivity index (χ2v) is 2.22. The molecule has 0 aromatic carbocycles. The molecule has 0 spiro atoms. The van der Waals surface area contributed by atoms with E-state index in [0.29, 0.717) is 0 Å². The summed E-state index contributed by atoms with van der Waals surface area (Å²) in [5, 5.41) is 0. The molecule has 0 aromatic rings. The number of hydrogen-bond acceptors (Lipinski definition) is 1. The van der Waals surface area contributed by atoms with Crippen molar-refractivity contribution in [2.24, 2.45) is 0 Å². The molecule has 0 bridgehead atoms. The third kappa shape index (κ3) is 2.60. The largest absolute Gasteiger partial charge is 0.279 e. The normalized spacial score (nSPS) is 12.0. The molecule has 2 heteroatoms. The standard InChI is InChI=1S/C5H12NO/c1-4-5(2,3)7-6/h6H,4H2,1-3H3. The smallest absolute Gasteiger partial charge is 0.0855 e. The highest BCUT2D eigenvalue weighted by molar-refractivity contribution is 4.61. The molecule has 0 atom stereocenters. The molecule has 0 unspecified atom stereocenters. The van der Waals surface area contributed by atoms with Crippen molar-refractivity contribution in [3.63, 3.8) is 0 Å². The Morgan fingerprint density at radius 2 is 2.00 bits per heavy atom. The Hall–Kier alpha value is -0.0800. The maximum Gasteiger partial charge on any atom is 0.0855 e. The van der Waals surface area contributed by atoms with Crippen molar-refractivity contribution in [2.45, 2.75) is 32.8 Å². The molecule has 2 nitrogen and oxygen atoms in total. The maximum atomic E-state index is 6.51. The molecule has 0 aliphatic rings. The van der Waals surface area contributed by atoms with Crippen molar-refractivity contribution in [1.82, 2.24) is 5.90 Å². The summed E-state index contributed by atoms with van der Waals surface area (Å²) in [6.07, 6.45) is 0.885. The molecule has 7 heavy (non-hydrogen) atoms. The molecule has 0 aromatic heterocycles. The highest BCUT2D eigenvalue weighted by Gasteiger charge is 2.12. The molecule has 0 fully saturated rings. The first kappa shape index (κ1) is 6.92. The summed E-state index contributed by atoms with van der Waals surface area (Å²) < 4.78 is 0. The van der Waals surface area contributed by atoms with Crippen molar-refractivity contribution in [3.05, 3.63) is 0 Å². The van der Waals surface area contributed by atoms with E-state index in [1.807, 2.05) is 20.8 Å². The molecule has 1 N–H and O–H groups in total. The van der Waals surface area contributed by atoms with Crippen LogP contribution in [0.5, 0.6) is 0 Å². The van der Waals surface area contributed by atoms with E-state index in [9.17, 15) is 0 Å². The van der Waals surface area contributed by atoms with Crippen LogP contribution in [0.4, 0.5) is 0 Å². The van der Waals surface area contributed by atoms with Gasteiger partial charge in [0.2, 0.25) is 0 Å². The van der Waals surface area contributed by atoms with E-state index in [1.165, 1.54) is 0 Å². The molecule has 1 radical (unpaired) electrons. The lowest BCUT2D eigenvalue weighted by atomic mass is 10.1. The zero-order valence-electron chi connectivity index (χ0n) is 5.12. The van der Waals surface area contributed by atoms with Crippen LogP contribution in [-0.2, 0) is 4.84 Å². The molecule has 0 rings (SSSR count). The molecule has 0 heterocycles. The molecular weight excluding hydrogens is 90.1 g/mol. The summed E-state index contributed by atoms with van der Waals surface area (Å²) in [6.45, 7) is 5.77. The van der Waals surface area contributed by atoms with Crippen LogP contribution in [0, 0.1) is 0 Å². The number of hydrogen-bond donors (Lipinski definition) is 0. The summed E-state index contributed by atoms with van der Waals surface area (Å²) in [5.74, 6) is 6.51. The first-order valence-corrected chi connectivity index (χ1v) is 2.47. The van der Waals surface area contributed by atoms with Crippen molar-refractivity contribution in [3.8, 4) is 0 Å². The summed E-state index contributed by atoms with van der Waals surface area (Å²) in [4.78, 5) is 4.34. The lowest BCUT2D eigenvalue weighted by Gasteiger charge is -2.17. The van der Waals surface area contributed by atoms with Crippen molar-refractivity contribution in [2.75, 3.05) is 0 Å². The van der Waals surface area contributed by atoms with Gasteiger partial charge in [0.05, 0.1) is 5.60 Å². The predicted octanol–water partition coefficient (Wildman–Crippen LogP) is 1.39. The average Bonchev–Trinajstić information content (AvgIpc) is 1.68. The van der Waals surface area contributed by atoms with Crippen molar-refractivity contribution >= 4 is 0 Å². The highest BCUT2D eigenvalue weighted by Crippen LogP contribution is 2.09. The summed E-state index contributed by atoms with van der Waals surface area (Å²) in [7, 11) is 0. The lowest BCUT2D eigenvalue weighted by Crippen LogP contribution is -2.21. The van der Waals surface area contributed by atoms with Gasteiger partial charge in [0.1, 0.15) is 0 Å². The second kappa shape index (κ2) is 2.28. The van der Waals surface area contributed by atoms with Gasteiger partial charge in [-0.3, -0.25) is 4.84 Å². The maximum absolute atomic E-state index is 6.51. The Morgan fingerprint density at radius 1 is 1.57 bits per heavy atom. The van der Waals surface area contributed by atoms with Gasteiger partial charge in [-0.1, -0.05) is 6.92 Å². The molecule has 0 amide bonds. The topological polar surface area (TPSA) is 33.0 Å². The van der Waals surface area contributed by atoms with Crippen LogP contribution in [-0.4, -0.2) is 5.60 Å².